The molecule has 0 fully saturated rings. The fourth-order valence-electron chi connectivity index (χ4n) is 2.50. The first-order valence-corrected chi connectivity index (χ1v) is 7.45. The first kappa shape index (κ1) is 12.7. The lowest BCUT2D eigenvalue weighted by molar-refractivity contribution is 0.530. The van der Waals surface area contributed by atoms with Crippen LogP contribution in [0.25, 0.3) is 0 Å². The highest BCUT2D eigenvalue weighted by atomic mass is 32.1. The van der Waals surface area contributed by atoms with Gasteiger partial charge in [-0.15, -0.1) is 23.7 Å². The molecule has 0 aliphatic heterocycles. The summed E-state index contributed by atoms with van der Waals surface area (Å²) in [6.45, 7) is 3.17. The summed E-state index contributed by atoms with van der Waals surface area (Å²) in [5, 5.41) is 3.56. The second kappa shape index (κ2) is 6.23. The highest BCUT2D eigenvalue weighted by Gasteiger charge is 2.18. The fourth-order valence-corrected chi connectivity index (χ4v) is 3.87. The number of hydrogen-bond acceptors (Lipinski definition) is 2. The van der Waals surface area contributed by atoms with Gasteiger partial charge in [0.2, 0.25) is 0 Å². The van der Waals surface area contributed by atoms with Gasteiger partial charge in [-0.3, -0.25) is 0 Å². The highest BCUT2D eigenvalue weighted by Crippen LogP contribution is 2.34. The van der Waals surface area contributed by atoms with Crippen molar-refractivity contribution in [3.05, 3.63) is 21.4 Å². The van der Waals surface area contributed by atoms with E-state index in [2.05, 4.69) is 24.2 Å². The number of hydrogen-bond donors (Lipinski definition) is 1. The van der Waals surface area contributed by atoms with E-state index in [1.807, 2.05) is 11.3 Å². The fraction of sp³-hybridized carbons (Fsp3) is 0.600. The number of terminal acetylenes is 1. The summed E-state index contributed by atoms with van der Waals surface area (Å²) in [6, 6.07) is 2.88. The van der Waals surface area contributed by atoms with Gasteiger partial charge in [-0.2, -0.15) is 0 Å². The van der Waals surface area contributed by atoms with Gasteiger partial charge in [0.25, 0.3) is 0 Å². The standard InChI is InChI=1S/C15H21NS/c1-3-5-9-13(16-4-2)15-11-12-8-6-7-10-14(12)17-15/h1,11,13,16H,4-10H2,2H3. The molecule has 1 atom stereocenters. The lowest BCUT2D eigenvalue weighted by Gasteiger charge is -2.14. The summed E-state index contributed by atoms with van der Waals surface area (Å²) in [5.41, 5.74) is 1.60. The molecule has 1 N–H and O–H groups in total. The average molecular weight is 247 g/mol. The molecule has 0 aromatic carbocycles. The molecule has 0 bridgehead atoms. The van der Waals surface area contributed by atoms with Crippen molar-refractivity contribution in [1.29, 1.82) is 0 Å². The third-order valence-electron chi connectivity index (χ3n) is 3.39. The number of aryl methyl sites for hydroxylation is 2. The van der Waals surface area contributed by atoms with E-state index in [-0.39, 0.29) is 0 Å². The van der Waals surface area contributed by atoms with Gasteiger partial charge in [0.1, 0.15) is 0 Å². The first-order valence-electron chi connectivity index (χ1n) is 6.63. The molecule has 0 spiro atoms. The second-order valence-electron chi connectivity index (χ2n) is 4.66. The van der Waals surface area contributed by atoms with Gasteiger partial charge >= 0.3 is 0 Å². The van der Waals surface area contributed by atoms with Crippen molar-refractivity contribution in [2.75, 3.05) is 6.54 Å². The van der Waals surface area contributed by atoms with Gasteiger partial charge in [-0.05, 0) is 50.3 Å². The lowest BCUT2D eigenvalue weighted by atomic mass is 9.98. The van der Waals surface area contributed by atoms with Crippen LogP contribution in [-0.2, 0) is 12.8 Å². The topological polar surface area (TPSA) is 12.0 Å². The minimum absolute atomic E-state index is 0.464. The molecule has 0 saturated heterocycles. The maximum Gasteiger partial charge on any atom is 0.0424 e. The van der Waals surface area contributed by atoms with Crippen molar-refractivity contribution >= 4 is 11.3 Å². The minimum Gasteiger partial charge on any atom is -0.309 e. The largest absolute Gasteiger partial charge is 0.309 e. The van der Waals surface area contributed by atoms with Crippen LogP contribution in [0.5, 0.6) is 0 Å². The predicted octanol–water partition coefficient (Wildman–Crippen LogP) is 3.69. The monoisotopic (exact) mass is 247 g/mol. The SMILES string of the molecule is C#CCCC(NCC)c1cc2c(s1)CCCC2. The number of fused-ring (bicyclic) bond motifs is 1. The van der Waals surface area contributed by atoms with Crippen molar-refractivity contribution in [3.63, 3.8) is 0 Å². The molecule has 1 nitrogen and oxygen atoms in total. The molecule has 0 radical (unpaired) electrons. The zero-order valence-electron chi connectivity index (χ0n) is 10.6. The molecule has 1 unspecified atom stereocenters. The van der Waals surface area contributed by atoms with Crippen molar-refractivity contribution < 1.29 is 0 Å². The van der Waals surface area contributed by atoms with Gasteiger partial charge in [0.15, 0.2) is 0 Å². The molecule has 2 rings (SSSR count). The van der Waals surface area contributed by atoms with Crippen LogP contribution in [0.1, 0.15) is 54.0 Å². The van der Waals surface area contributed by atoms with Gasteiger partial charge < -0.3 is 5.32 Å². The maximum atomic E-state index is 5.37. The molecule has 0 amide bonds. The van der Waals surface area contributed by atoms with Gasteiger partial charge in [0.05, 0.1) is 0 Å². The number of nitrogens with one attached hydrogen (secondary N) is 1. The van der Waals surface area contributed by atoms with E-state index in [1.165, 1.54) is 30.6 Å². The van der Waals surface area contributed by atoms with Gasteiger partial charge in [-0.1, -0.05) is 6.92 Å². The van der Waals surface area contributed by atoms with Crippen LogP contribution in [0.2, 0.25) is 0 Å². The molecule has 1 aliphatic carbocycles. The Morgan fingerprint density at radius 2 is 2.29 bits per heavy atom. The Bertz CT molecular complexity index is 376. The van der Waals surface area contributed by atoms with Crippen LogP contribution in [0.4, 0.5) is 0 Å². The zero-order chi connectivity index (χ0) is 12.1. The highest BCUT2D eigenvalue weighted by molar-refractivity contribution is 7.12. The molecule has 92 valence electrons. The Morgan fingerprint density at radius 3 is 3.00 bits per heavy atom. The van der Waals surface area contributed by atoms with E-state index >= 15 is 0 Å². The summed E-state index contributed by atoms with van der Waals surface area (Å²) >= 11 is 2.00. The van der Waals surface area contributed by atoms with Gasteiger partial charge in [0, 0.05) is 22.2 Å². The number of thiophene rings is 1. The Morgan fingerprint density at radius 1 is 1.47 bits per heavy atom. The van der Waals surface area contributed by atoms with Crippen LogP contribution >= 0.6 is 11.3 Å². The zero-order valence-corrected chi connectivity index (χ0v) is 11.4. The maximum absolute atomic E-state index is 5.37. The van der Waals surface area contributed by atoms with Crippen LogP contribution in [0, 0.1) is 12.3 Å². The number of rotatable bonds is 5. The van der Waals surface area contributed by atoms with E-state index in [0.717, 1.165) is 19.4 Å². The van der Waals surface area contributed by atoms with Gasteiger partial charge in [-0.25, -0.2) is 0 Å². The van der Waals surface area contributed by atoms with Crippen LogP contribution in [-0.4, -0.2) is 6.54 Å². The molecule has 1 aliphatic rings. The molecule has 1 heterocycles. The predicted molar refractivity (Wildman–Crippen MR) is 75.4 cm³/mol. The quantitative estimate of drug-likeness (QED) is 0.782. The van der Waals surface area contributed by atoms with E-state index in [9.17, 15) is 0 Å². The van der Waals surface area contributed by atoms with Crippen LogP contribution in [0.3, 0.4) is 0 Å². The first-order chi connectivity index (χ1) is 8.35. The average Bonchev–Trinajstić information content (AvgIpc) is 2.78. The van der Waals surface area contributed by atoms with E-state index in [4.69, 9.17) is 6.42 Å². The smallest absolute Gasteiger partial charge is 0.0424 e. The lowest BCUT2D eigenvalue weighted by Crippen LogP contribution is -2.19. The molecule has 1 aromatic heterocycles. The molecule has 17 heavy (non-hydrogen) atoms. The molecule has 2 heteroatoms. The summed E-state index contributed by atoms with van der Waals surface area (Å²) in [6.07, 6.45) is 12.6. The summed E-state index contributed by atoms with van der Waals surface area (Å²) in [4.78, 5) is 3.11. The molecular formula is C15H21NS. The Labute approximate surface area is 109 Å². The normalized spacial score (nSPS) is 16.2. The van der Waals surface area contributed by atoms with Crippen LogP contribution in [0.15, 0.2) is 6.07 Å². The van der Waals surface area contributed by atoms with Crippen molar-refractivity contribution in [3.8, 4) is 12.3 Å². The molecule has 1 aromatic rings. The third kappa shape index (κ3) is 3.12. The van der Waals surface area contributed by atoms with Crippen molar-refractivity contribution in [2.45, 2.75) is 51.5 Å². The Kier molecular flexibility index (Phi) is 4.65. The van der Waals surface area contributed by atoms with E-state index in [1.54, 1.807) is 10.4 Å². The Hall–Kier alpha value is -0.780. The van der Waals surface area contributed by atoms with Crippen molar-refractivity contribution in [1.82, 2.24) is 5.32 Å². The minimum atomic E-state index is 0.464. The van der Waals surface area contributed by atoms with E-state index < -0.39 is 0 Å². The molecular weight excluding hydrogens is 226 g/mol. The third-order valence-corrected chi connectivity index (χ3v) is 4.74. The second-order valence-corrected chi connectivity index (χ2v) is 5.83. The van der Waals surface area contributed by atoms with Crippen LogP contribution < -0.4 is 5.32 Å². The molecule has 0 saturated carbocycles. The Balaban J connectivity index is 2.12. The summed E-state index contributed by atoms with van der Waals surface area (Å²) in [7, 11) is 0. The van der Waals surface area contributed by atoms with E-state index in [0.29, 0.717) is 6.04 Å². The summed E-state index contributed by atoms with van der Waals surface area (Å²) in [5.74, 6) is 2.75. The summed E-state index contributed by atoms with van der Waals surface area (Å²) < 4.78 is 0. The van der Waals surface area contributed by atoms with Crippen molar-refractivity contribution in [2.24, 2.45) is 0 Å².